The summed E-state index contributed by atoms with van der Waals surface area (Å²) >= 11 is 0. The van der Waals surface area contributed by atoms with E-state index in [1.54, 1.807) is 60.7 Å². The standard InChI is InChI=1S/C47H66N12O9/c1-27(2)23-35-45(67)59-22-12-19-37(59)46(68)58-21-11-18-36(58)44(66)53-31(17-10-20-51-47(49)50)40(62)54-32(24-29-13-6-4-7-14-29)42(64)55-33(25-30-15-8-5-9-16-30)43(65)56-34(26-38(48)60)41(63)52-28(3)39(61)57-35/h4-9,13-16,27-28,31-37H,10-12,17-26H2,1-3H3,(H2,48,60)(H,52,63)(H,53,66)(H,54,62)(H,55,64)(H,56,65)(H,57,61)(H4,49,50,51)/t28-,31-,32-,33-,34-,35-,36-,37+/m0/s1. The van der Waals surface area contributed by atoms with Crippen LogP contribution in [-0.4, -0.2) is 137 Å². The lowest BCUT2D eigenvalue weighted by atomic mass is 10.0. The molecule has 68 heavy (non-hydrogen) atoms. The number of nitrogens with two attached hydrogens (primary N) is 2. The van der Waals surface area contributed by atoms with Gasteiger partial charge < -0.3 is 58.5 Å². The molecule has 368 valence electrons. The van der Waals surface area contributed by atoms with E-state index in [0.717, 1.165) is 0 Å². The summed E-state index contributed by atoms with van der Waals surface area (Å²) in [7, 11) is 0. The van der Waals surface area contributed by atoms with E-state index in [1.807, 2.05) is 13.8 Å². The molecule has 2 aromatic rings. The van der Waals surface area contributed by atoms with Gasteiger partial charge in [0, 0.05) is 32.5 Å². The summed E-state index contributed by atoms with van der Waals surface area (Å²) in [5.74, 6) is -7.05. The van der Waals surface area contributed by atoms with Crippen LogP contribution < -0.4 is 48.7 Å². The minimum atomic E-state index is -1.61. The molecule has 5 rings (SSSR count). The van der Waals surface area contributed by atoms with Crippen molar-refractivity contribution in [1.82, 2.24) is 47.0 Å². The Morgan fingerprint density at radius 2 is 1.10 bits per heavy atom. The SMILES string of the molecule is CC(C)C[C@@H]1NC(=O)[C@H](C)NC(=O)[C@H](CC(N)=O)NC(=O)[C@H](Cc2ccccc2)NC(=O)[C@H](Cc2ccccc2)NC(=O)[C@H](CCCNC(=N)N)NC(=O)[C@@H]2CCCN2C(=O)[C@H]2CCCN2C1=O. The second-order valence-electron chi connectivity index (χ2n) is 18.1. The molecule has 0 unspecified atom stereocenters. The number of amides is 9. The maximum atomic E-state index is 14.5. The monoisotopic (exact) mass is 943 g/mol. The molecule has 3 aliphatic rings. The molecule has 0 aromatic heterocycles. The fraction of sp³-hybridized carbons (Fsp3) is 0.532. The van der Waals surface area contributed by atoms with Crippen molar-refractivity contribution in [3.8, 4) is 0 Å². The van der Waals surface area contributed by atoms with Crippen molar-refractivity contribution in [2.24, 2.45) is 17.4 Å². The minimum absolute atomic E-state index is 0.0209. The van der Waals surface area contributed by atoms with E-state index in [4.69, 9.17) is 16.9 Å². The second-order valence-corrected chi connectivity index (χ2v) is 18.1. The fourth-order valence-electron chi connectivity index (χ4n) is 8.76. The Morgan fingerprint density at radius 3 is 1.63 bits per heavy atom. The van der Waals surface area contributed by atoms with E-state index in [9.17, 15) is 43.2 Å². The molecule has 0 aliphatic carbocycles. The minimum Gasteiger partial charge on any atom is -0.370 e. The van der Waals surface area contributed by atoms with E-state index in [2.05, 4.69) is 37.2 Å². The first-order valence-electron chi connectivity index (χ1n) is 23.3. The van der Waals surface area contributed by atoms with Gasteiger partial charge in [-0.25, -0.2) is 0 Å². The van der Waals surface area contributed by atoms with Crippen LogP contribution in [0.1, 0.15) is 83.3 Å². The summed E-state index contributed by atoms with van der Waals surface area (Å²) in [6.07, 6.45) is 1.14. The van der Waals surface area contributed by atoms with Gasteiger partial charge in [-0.05, 0) is 68.9 Å². The number of benzene rings is 2. The number of primary amides is 1. The number of hydrogen-bond donors (Lipinski definition) is 10. The van der Waals surface area contributed by atoms with Crippen LogP contribution in [0.15, 0.2) is 60.7 Å². The Morgan fingerprint density at radius 1 is 0.632 bits per heavy atom. The van der Waals surface area contributed by atoms with Gasteiger partial charge in [-0.15, -0.1) is 0 Å². The van der Waals surface area contributed by atoms with Crippen LogP contribution in [0, 0.1) is 11.3 Å². The molecule has 9 amide bonds. The van der Waals surface area contributed by atoms with E-state index >= 15 is 0 Å². The fourth-order valence-corrected chi connectivity index (χ4v) is 8.76. The number of hydrogen-bond acceptors (Lipinski definition) is 10. The van der Waals surface area contributed by atoms with Gasteiger partial charge in [-0.3, -0.25) is 48.6 Å². The van der Waals surface area contributed by atoms with Gasteiger partial charge in [0.05, 0.1) is 6.42 Å². The molecule has 3 heterocycles. The number of nitrogens with one attached hydrogen (secondary N) is 8. The zero-order chi connectivity index (χ0) is 49.5. The zero-order valence-corrected chi connectivity index (χ0v) is 38.9. The molecule has 21 nitrogen and oxygen atoms in total. The summed E-state index contributed by atoms with van der Waals surface area (Å²) in [6, 6.07) is 7.48. The maximum absolute atomic E-state index is 14.5. The first-order chi connectivity index (χ1) is 32.4. The molecule has 12 N–H and O–H groups in total. The lowest BCUT2D eigenvalue weighted by molar-refractivity contribution is -0.148. The first kappa shape index (κ1) is 51.9. The van der Waals surface area contributed by atoms with Gasteiger partial charge in [0.2, 0.25) is 53.2 Å². The molecule has 0 radical (unpaired) electrons. The molecule has 3 saturated heterocycles. The third-order valence-electron chi connectivity index (χ3n) is 12.2. The number of carbonyl (C=O) groups excluding carboxylic acids is 9. The summed E-state index contributed by atoms with van der Waals surface area (Å²) < 4.78 is 0. The Balaban J connectivity index is 1.56. The molecule has 8 atom stereocenters. The van der Waals surface area contributed by atoms with Gasteiger partial charge in [0.25, 0.3) is 0 Å². The summed E-state index contributed by atoms with van der Waals surface area (Å²) in [4.78, 5) is 129. The molecule has 0 saturated carbocycles. The van der Waals surface area contributed by atoms with Crippen molar-refractivity contribution in [3.63, 3.8) is 0 Å². The number of carbonyl (C=O) groups is 9. The number of rotatable bonds is 12. The van der Waals surface area contributed by atoms with Crippen molar-refractivity contribution in [1.29, 1.82) is 5.41 Å². The summed E-state index contributed by atoms with van der Waals surface area (Å²) in [5.41, 5.74) is 12.3. The molecular weight excluding hydrogens is 877 g/mol. The highest BCUT2D eigenvalue weighted by molar-refractivity contribution is 6.00. The largest absolute Gasteiger partial charge is 0.370 e. The molecule has 3 aliphatic heterocycles. The summed E-state index contributed by atoms with van der Waals surface area (Å²) in [5, 5.41) is 26.4. The smallest absolute Gasteiger partial charge is 0.246 e. The van der Waals surface area contributed by atoms with Crippen molar-refractivity contribution >= 4 is 59.1 Å². The van der Waals surface area contributed by atoms with Gasteiger partial charge in [-0.2, -0.15) is 0 Å². The van der Waals surface area contributed by atoms with Crippen LogP contribution in [0.2, 0.25) is 0 Å². The van der Waals surface area contributed by atoms with Crippen LogP contribution in [0.5, 0.6) is 0 Å². The molecule has 0 bridgehead atoms. The highest BCUT2D eigenvalue weighted by Gasteiger charge is 2.44. The lowest BCUT2D eigenvalue weighted by Crippen LogP contribution is -2.61. The van der Waals surface area contributed by atoms with Gasteiger partial charge >= 0.3 is 0 Å². The van der Waals surface area contributed by atoms with E-state index < -0.39 is 108 Å². The Kier molecular flexibility index (Phi) is 18.8. The van der Waals surface area contributed by atoms with Crippen LogP contribution in [0.3, 0.4) is 0 Å². The van der Waals surface area contributed by atoms with Gasteiger partial charge in [-0.1, -0.05) is 74.5 Å². The maximum Gasteiger partial charge on any atom is 0.246 e. The van der Waals surface area contributed by atoms with Crippen LogP contribution in [0.25, 0.3) is 0 Å². The molecule has 3 fully saturated rings. The molecule has 0 spiro atoms. The van der Waals surface area contributed by atoms with Crippen molar-refractivity contribution in [2.45, 2.75) is 133 Å². The van der Waals surface area contributed by atoms with Gasteiger partial charge in [0.1, 0.15) is 48.3 Å². The van der Waals surface area contributed by atoms with E-state index in [1.165, 1.54) is 16.7 Å². The Labute approximate surface area is 395 Å². The van der Waals surface area contributed by atoms with Crippen molar-refractivity contribution in [3.05, 3.63) is 71.8 Å². The zero-order valence-electron chi connectivity index (χ0n) is 38.9. The van der Waals surface area contributed by atoms with E-state index in [0.29, 0.717) is 30.4 Å². The molecule has 2 aromatic carbocycles. The number of nitrogens with zero attached hydrogens (tertiary/aromatic N) is 2. The quantitative estimate of drug-likeness (QED) is 0.0669. The van der Waals surface area contributed by atoms with Crippen LogP contribution in [-0.2, 0) is 56.0 Å². The molecular formula is C47H66N12O9. The third kappa shape index (κ3) is 14.7. The second kappa shape index (κ2) is 24.6. The highest BCUT2D eigenvalue weighted by atomic mass is 16.2. The topological polar surface area (TPSA) is 320 Å². The number of guanidine groups is 1. The van der Waals surface area contributed by atoms with Crippen LogP contribution >= 0.6 is 0 Å². The summed E-state index contributed by atoms with van der Waals surface area (Å²) in [6.45, 7) is 5.68. The first-order valence-corrected chi connectivity index (χ1v) is 23.3. The Hall–Kier alpha value is -7.06. The average Bonchev–Trinajstić information content (AvgIpc) is 4.00. The van der Waals surface area contributed by atoms with Gasteiger partial charge in [0.15, 0.2) is 5.96 Å². The normalized spacial score (nSPS) is 26.0. The van der Waals surface area contributed by atoms with E-state index in [-0.39, 0.29) is 70.0 Å². The molecule has 21 heteroatoms. The van der Waals surface area contributed by atoms with Crippen molar-refractivity contribution < 1.29 is 43.2 Å². The number of fused-ring (bicyclic) bond motifs is 2. The average molecular weight is 943 g/mol. The predicted molar refractivity (Wildman–Crippen MR) is 249 cm³/mol. The predicted octanol–water partition coefficient (Wildman–Crippen LogP) is -1.42. The Bertz CT molecular complexity index is 2160. The van der Waals surface area contributed by atoms with Crippen LogP contribution in [0.4, 0.5) is 0 Å². The van der Waals surface area contributed by atoms with Crippen molar-refractivity contribution in [2.75, 3.05) is 19.6 Å². The third-order valence-corrected chi connectivity index (χ3v) is 12.2. The highest BCUT2D eigenvalue weighted by Crippen LogP contribution is 2.27. The lowest BCUT2D eigenvalue weighted by Gasteiger charge is -2.34.